The zero-order chi connectivity index (χ0) is 12.6. The average molecular weight is 276 g/mol. The van der Waals surface area contributed by atoms with Crippen molar-refractivity contribution < 1.29 is 14.3 Å². The number of carbonyl (C=O) groups is 1. The van der Waals surface area contributed by atoms with Crippen molar-refractivity contribution in [3.8, 4) is 0 Å². The van der Waals surface area contributed by atoms with Crippen molar-refractivity contribution in [1.29, 1.82) is 0 Å². The number of aryl methyl sites for hydroxylation is 1. The predicted molar refractivity (Wildman–Crippen MR) is 62.7 cm³/mol. The third kappa shape index (κ3) is 2.30. The average Bonchev–Trinajstić information content (AvgIpc) is 2.52. The van der Waals surface area contributed by atoms with Gasteiger partial charge in [-0.25, -0.2) is 4.79 Å². The van der Waals surface area contributed by atoms with Crippen LogP contribution in [0.1, 0.15) is 6.42 Å². The van der Waals surface area contributed by atoms with Crippen molar-refractivity contribution in [2.75, 3.05) is 0 Å². The Hall–Kier alpha value is -1.46. The van der Waals surface area contributed by atoms with E-state index in [1.807, 2.05) is 0 Å². The fourth-order valence-corrected chi connectivity index (χ4v) is 1.79. The van der Waals surface area contributed by atoms with Gasteiger partial charge in [0.2, 0.25) is 0 Å². The SMILES string of the molecule is O=C(O)CCn1c(=O)oc2cc(Cl)c(Cl)cc21. The van der Waals surface area contributed by atoms with E-state index in [1.54, 1.807) is 0 Å². The molecule has 1 aromatic carbocycles. The van der Waals surface area contributed by atoms with Gasteiger partial charge in [0, 0.05) is 12.6 Å². The summed E-state index contributed by atoms with van der Waals surface area (Å²) in [7, 11) is 0. The third-order valence-electron chi connectivity index (χ3n) is 2.26. The lowest BCUT2D eigenvalue weighted by Crippen LogP contribution is -2.16. The molecule has 0 bridgehead atoms. The fraction of sp³-hybridized carbons (Fsp3) is 0.200. The Bertz CT molecular complexity index is 644. The minimum atomic E-state index is -0.994. The molecule has 0 radical (unpaired) electrons. The number of benzene rings is 1. The van der Waals surface area contributed by atoms with Crippen LogP contribution in [0.4, 0.5) is 0 Å². The van der Waals surface area contributed by atoms with Gasteiger partial charge in [-0.15, -0.1) is 0 Å². The zero-order valence-corrected chi connectivity index (χ0v) is 9.96. The van der Waals surface area contributed by atoms with Crippen molar-refractivity contribution in [3.63, 3.8) is 0 Å². The number of nitrogens with zero attached hydrogens (tertiary/aromatic N) is 1. The van der Waals surface area contributed by atoms with E-state index < -0.39 is 11.7 Å². The first-order chi connectivity index (χ1) is 7.99. The lowest BCUT2D eigenvalue weighted by molar-refractivity contribution is -0.137. The molecule has 0 aliphatic carbocycles. The molecular formula is C10H7Cl2NO4. The quantitative estimate of drug-likeness (QED) is 0.934. The van der Waals surface area contributed by atoms with Gasteiger partial charge in [0.05, 0.1) is 22.0 Å². The highest BCUT2D eigenvalue weighted by Gasteiger charge is 2.12. The first-order valence-electron chi connectivity index (χ1n) is 4.69. The molecule has 0 spiro atoms. The Labute approximate surface area is 105 Å². The fourth-order valence-electron chi connectivity index (χ4n) is 1.48. The largest absolute Gasteiger partial charge is 0.481 e. The van der Waals surface area contributed by atoms with Crippen molar-refractivity contribution in [1.82, 2.24) is 4.57 Å². The first-order valence-corrected chi connectivity index (χ1v) is 5.45. The lowest BCUT2D eigenvalue weighted by Gasteiger charge is -2.00. The summed E-state index contributed by atoms with van der Waals surface area (Å²) < 4.78 is 6.15. The molecule has 0 fully saturated rings. The van der Waals surface area contributed by atoms with Crippen LogP contribution < -0.4 is 5.76 Å². The van der Waals surface area contributed by atoms with Crippen LogP contribution in [0.25, 0.3) is 11.1 Å². The Balaban J connectivity index is 2.54. The van der Waals surface area contributed by atoms with Gasteiger partial charge in [0.1, 0.15) is 0 Å². The maximum Gasteiger partial charge on any atom is 0.419 e. The number of oxazole rings is 1. The van der Waals surface area contributed by atoms with Crippen molar-refractivity contribution in [2.24, 2.45) is 0 Å². The van der Waals surface area contributed by atoms with Gasteiger partial charge < -0.3 is 9.52 Å². The molecule has 90 valence electrons. The molecular weight excluding hydrogens is 269 g/mol. The molecule has 0 saturated heterocycles. The number of carboxylic acid groups (broad SMARTS) is 1. The van der Waals surface area contributed by atoms with E-state index in [9.17, 15) is 9.59 Å². The number of hydrogen-bond donors (Lipinski definition) is 1. The highest BCUT2D eigenvalue weighted by atomic mass is 35.5. The molecule has 17 heavy (non-hydrogen) atoms. The third-order valence-corrected chi connectivity index (χ3v) is 2.98. The van der Waals surface area contributed by atoms with Crippen LogP contribution in [0, 0.1) is 0 Å². The summed E-state index contributed by atoms with van der Waals surface area (Å²) in [6, 6.07) is 2.91. The summed E-state index contributed by atoms with van der Waals surface area (Å²) in [4.78, 5) is 22.0. The molecule has 1 N–H and O–H groups in total. The standard InChI is InChI=1S/C10H7Cl2NO4/c11-5-3-7-8(4-6(5)12)17-10(16)13(7)2-1-9(14)15/h3-4H,1-2H2,(H,14,15). The normalized spacial score (nSPS) is 10.9. The highest BCUT2D eigenvalue weighted by molar-refractivity contribution is 6.42. The molecule has 2 aromatic rings. The molecule has 1 heterocycles. The molecule has 0 aliphatic rings. The highest BCUT2D eigenvalue weighted by Crippen LogP contribution is 2.27. The second kappa shape index (κ2) is 4.43. The minimum Gasteiger partial charge on any atom is -0.481 e. The van der Waals surface area contributed by atoms with E-state index in [1.165, 1.54) is 16.7 Å². The van der Waals surface area contributed by atoms with Crippen LogP contribution >= 0.6 is 23.2 Å². The molecule has 0 amide bonds. The molecule has 0 aliphatic heterocycles. The molecule has 5 nitrogen and oxygen atoms in total. The maximum absolute atomic E-state index is 11.5. The van der Waals surface area contributed by atoms with E-state index in [0.717, 1.165) is 0 Å². The van der Waals surface area contributed by atoms with Crippen LogP contribution in [-0.2, 0) is 11.3 Å². The second-order valence-electron chi connectivity index (χ2n) is 3.40. The van der Waals surface area contributed by atoms with Gasteiger partial charge in [-0.2, -0.15) is 0 Å². The Kier molecular flexibility index (Phi) is 3.13. The summed E-state index contributed by atoms with van der Waals surface area (Å²) in [6.07, 6.45) is -0.172. The summed E-state index contributed by atoms with van der Waals surface area (Å²) in [5.41, 5.74) is 0.723. The molecule has 1 aromatic heterocycles. The van der Waals surface area contributed by atoms with E-state index in [4.69, 9.17) is 32.7 Å². The van der Waals surface area contributed by atoms with Gasteiger partial charge in [0.15, 0.2) is 5.58 Å². The first kappa shape index (κ1) is 12.0. The number of halogens is 2. The van der Waals surface area contributed by atoms with Crippen molar-refractivity contribution in [2.45, 2.75) is 13.0 Å². The summed E-state index contributed by atoms with van der Waals surface area (Å²) in [5.74, 6) is -1.62. The van der Waals surface area contributed by atoms with Crippen LogP contribution in [0.3, 0.4) is 0 Å². The number of fused-ring (bicyclic) bond motifs is 1. The Morgan fingerprint density at radius 1 is 1.35 bits per heavy atom. The van der Waals surface area contributed by atoms with Crippen LogP contribution in [0.15, 0.2) is 21.3 Å². The van der Waals surface area contributed by atoms with E-state index >= 15 is 0 Å². The number of aromatic nitrogens is 1. The van der Waals surface area contributed by atoms with Crippen LogP contribution in [0.5, 0.6) is 0 Å². The number of aliphatic carboxylic acids is 1. The Morgan fingerprint density at radius 3 is 2.65 bits per heavy atom. The van der Waals surface area contributed by atoms with E-state index in [-0.39, 0.29) is 28.6 Å². The lowest BCUT2D eigenvalue weighted by atomic mass is 10.3. The number of hydrogen-bond acceptors (Lipinski definition) is 3. The molecule has 2 rings (SSSR count). The Morgan fingerprint density at radius 2 is 2.00 bits per heavy atom. The minimum absolute atomic E-state index is 0.0269. The summed E-state index contributed by atoms with van der Waals surface area (Å²) in [5, 5.41) is 9.14. The van der Waals surface area contributed by atoms with Gasteiger partial charge in [-0.1, -0.05) is 23.2 Å². The van der Waals surface area contributed by atoms with E-state index in [2.05, 4.69) is 0 Å². The van der Waals surface area contributed by atoms with Crippen LogP contribution in [-0.4, -0.2) is 15.6 Å². The van der Waals surface area contributed by atoms with Crippen molar-refractivity contribution in [3.05, 3.63) is 32.7 Å². The van der Waals surface area contributed by atoms with Gasteiger partial charge in [0.25, 0.3) is 0 Å². The number of carboxylic acids is 1. The predicted octanol–water partition coefficient (Wildman–Crippen LogP) is 2.38. The van der Waals surface area contributed by atoms with Gasteiger partial charge >= 0.3 is 11.7 Å². The molecule has 7 heteroatoms. The number of rotatable bonds is 3. The summed E-state index contributed by atoms with van der Waals surface area (Å²) in [6.45, 7) is 0.0269. The van der Waals surface area contributed by atoms with Crippen molar-refractivity contribution >= 4 is 40.3 Å². The zero-order valence-electron chi connectivity index (χ0n) is 8.44. The van der Waals surface area contributed by atoms with E-state index in [0.29, 0.717) is 5.52 Å². The topological polar surface area (TPSA) is 72.4 Å². The van der Waals surface area contributed by atoms with Gasteiger partial charge in [-0.3, -0.25) is 9.36 Å². The maximum atomic E-state index is 11.5. The molecule has 0 saturated carbocycles. The molecule has 0 atom stereocenters. The monoisotopic (exact) mass is 275 g/mol. The van der Waals surface area contributed by atoms with Crippen LogP contribution in [0.2, 0.25) is 10.0 Å². The van der Waals surface area contributed by atoms with Gasteiger partial charge in [-0.05, 0) is 6.07 Å². The smallest absolute Gasteiger partial charge is 0.419 e. The second-order valence-corrected chi connectivity index (χ2v) is 4.21. The molecule has 0 unspecified atom stereocenters. The summed E-state index contributed by atoms with van der Waals surface area (Å²) >= 11 is 11.6.